The van der Waals surface area contributed by atoms with Crippen molar-refractivity contribution in [1.82, 2.24) is 5.48 Å². The first-order valence-corrected chi connectivity index (χ1v) is 8.41. The summed E-state index contributed by atoms with van der Waals surface area (Å²) in [6.45, 7) is 6.82. The largest absolute Gasteiger partial charge is 0.443 e. The molecule has 0 radical (unpaired) electrons. The molecule has 144 valence electrons. The van der Waals surface area contributed by atoms with Gasteiger partial charge in [-0.05, 0) is 45.0 Å². The highest BCUT2D eigenvalue weighted by Crippen LogP contribution is 2.23. The average Bonchev–Trinajstić information content (AvgIpc) is 2.94. The first-order valence-electron chi connectivity index (χ1n) is 8.41. The second-order valence-electron chi connectivity index (χ2n) is 6.78. The van der Waals surface area contributed by atoms with Crippen LogP contribution in [0.4, 0.5) is 21.0 Å². The Morgan fingerprint density at radius 1 is 1.35 bits per heavy atom. The molecule has 1 atom stereocenters. The van der Waals surface area contributed by atoms with Crippen molar-refractivity contribution in [3.63, 3.8) is 0 Å². The molecule has 9 nitrogen and oxygen atoms in total. The Bertz CT molecular complexity index is 615. The molecule has 9 heteroatoms. The van der Waals surface area contributed by atoms with E-state index in [-0.39, 0.29) is 18.8 Å². The van der Waals surface area contributed by atoms with Crippen LogP contribution in [0.5, 0.6) is 0 Å². The predicted octanol–water partition coefficient (Wildman–Crippen LogP) is 1.84. The van der Waals surface area contributed by atoms with E-state index in [1.165, 1.54) is 0 Å². The lowest BCUT2D eigenvalue weighted by Gasteiger charge is -2.19. The van der Waals surface area contributed by atoms with Crippen LogP contribution in [0.2, 0.25) is 0 Å². The number of benzene rings is 1. The first kappa shape index (κ1) is 19.8. The number of anilines is 2. The van der Waals surface area contributed by atoms with Gasteiger partial charge in [-0.15, -0.1) is 0 Å². The molecular formula is C17H26N4O5. The molecule has 26 heavy (non-hydrogen) atoms. The van der Waals surface area contributed by atoms with Gasteiger partial charge in [0.1, 0.15) is 11.7 Å². The smallest absolute Gasteiger partial charge is 0.431 e. The Hall–Kier alpha value is -2.52. The average molecular weight is 366 g/mol. The van der Waals surface area contributed by atoms with Crippen LogP contribution in [0.25, 0.3) is 0 Å². The maximum Gasteiger partial charge on any atom is 0.431 e. The van der Waals surface area contributed by atoms with Crippen molar-refractivity contribution < 1.29 is 23.9 Å². The standard InChI is InChI=1S/C17H26N4O5/c1-17(2,3)26-15(22)20-24-9-8-19-12-4-6-13(7-5-12)21-11-14(10-18)25-16(21)23/h4-7,14,19H,8-11,18H2,1-3H3,(H,20,22)/t14-/m0/s1. The molecule has 0 aliphatic carbocycles. The van der Waals surface area contributed by atoms with Crippen molar-refractivity contribution in [2.75, 3.05) is 36.5 Å². The van der Waals surface area contributed by atoms with E-state index in [2.05, 4.69) is 10.8 Å². The van der Waals surface area contributed by atoms with Crippen LogP contribution in [-0.2, 0) is 14.3 Å². The van der Waals surface area contributed by atoms with E-state index in [9.17, 15) is 9.59 Å². The van der Waals surface area contributed by atoms with Gasteiger partial charge in [0.25, 0.3) is 0 Å². The summed E-state index contributed by atoms with van der Waals surface area (Å²) in [5, 5.41) is 3.14. The minimum atomic E-state index is -0.630. The Morgan fingerprint density at radius 3 is 2.62 bits per heavy atom. The molecule has 0 saturated carbocycles. The molecule has 0 bridgehead atoms. The minimum Gasteiger partial charge on any atom is -0.443 e. The Labute approximate surface area is 152 Å². The first-order chi connectivity index (χ1) is 12.3. The lowest BCUT2D eigenvalue weighted by Crippen LogP contribution is -2.33. The Morgan fingerprint density at radius 2 is 2.04 bits per heavy atom. The van der Waals surface area contributed by atoms with E-state index in [0.717, 1.165) is 11.4 Å². The third-order valence-electron chi connectivity index (χ3n) is 3.40. The lowest BCUT2D eigenvalue weighted by molar-refractivity contribution is -0.00487. The molecule has 1 heterocycles. The quantitative estimate of drug-likeness (QED) is 0.498. The number of carbonyl (C=O) groups excluding carboxylic acids is 2. The van der Waals surface area contributed by atoms with Crippen molar-refractivity contribution in [3.8, 4) is 0 Å². The summed E-state index contributed by atoms with van der Waals surface area (Å²) in [4.78, 5) is 29.8. The number of cyclic esters (lactones) is 1. The molecule has 4 N–H and O–H groups in total. The predicted molar refractivity (Wildman–Crippen MR) is 96.9 cm³/mol. The van der Waals surface area contributed by atoms with E-state index in [1.54, 1.807) is 25.7 Å². The fourth-order valence-electron chi connectivity index (χ4n) is 2.27. The monoisotopic (exact) mass is 366 g/mol. The van der Waals surface area contributed by atoms with E-state index in [4.69, 9.17) is 20.0 Å². The summed E-state index contributed by atoms with van der Waals surface area (Å²) < 4.78 is 10.2. The SMILES string of the molecule is CC(C)(C)OC(=O)NOCCNc1ccc(N2C[C@H](CN)OC2=O)cc1. The number of nitrogens with zero attached hydrogens (tertiary/aromatic N) is 1. The van der Waals surface area contributed by atoms with Crippen LogP contribution in [-0.4, -0.2) is 50.1 Å². The molecule has 1 aliphatic heterocycles. The molecule has 1 aromatic rings. The number of hydrogen-bond acceptors (Lipinski definition) is 7. The Balaban J connectivity index is 1.70. The summed E-state index contributed by atoms with van der Waals surface area (Å²) in [7, 11) is 0. The third kappa shape index (κ3) is 6.08. The highest BCUT2D eigenvalue weighted by atomic mass is 16.7. The molecule has 2 rings (SSSR count). The number of hydrogen-bond donors (Lipinski definition) is 3. The van der Waals surface area contributed by atoms with Crippen molar-refractivity contribution in [1.29, 1.82) is 0 Å². The fraction of sp³-hybridized carbons (Fsp3) is 0.529. The van der Waals surface area contributed by atoms with Gasteiger partial charge in [-0.2, -0.15) is 5.48 Å². The molecule has 1 aromatic carbocycles. The topological polar surface area (TPSA) is 115 Å². The zero-order valence-electron chi connectivity index (χ0n) is 15.3. The van der Waals surface area contributed by atoms with Gasteiger partial charge in [-0.3, -0.25) is 9.74 Å². The van der Waals surface area contributed by atoms with E-state index >= 15 is 0 Å². The summed E-state index contributed by atoms with van der Waals surface area (Å²) in [5.41, 5.74) is 8.78. The highest BCUT2D eigenvalue weighted by Gasteiger charge is 2.31. The number of ether oxygens (including phenoxy) is 2. The number of nitrogens with two attached hydrogens (primary N) is 1. The molecule has 1 aliphatic rings. The van der Waals surface area contributed by atoms with Crippen LogP contribution in [0, 0.1) is 0 Å². The maximum absolute atomic E-state index is 11.8. The molecule has 2 amide bonds. The molecule has 0 spiro atoms. The summed E-state index contributed by atoms with van der Waals surface area (Å²) >= 11 is 0. The van der Waals surface area contributed by atoms with Gasteiger partial charge in [0.2, 0.25) is 0 Å². The van der Waals surface area contributed by atoms with E-state index in [0.29, 0.717) is 19.6 Å². The summed E-state index contributed by atoms with van der Waals surface area (Å²) in [6, 6.07) is 7.34. The normalized spacial score (nSPS) is 17.0. The summed E-state index contributed by atoms with van der Waals surface area (Å²) in [5.74, 6) is 0. The third-order valence-corrected chi connectivity index (χ3v) is 3.40. The van der Waals surface area contributed by atoms with Crippen LogP contribution < -0.4 is 21.4 Å². The van der Waals surface area contributed by atoms with Gasteiger partial charge < -0.3 is 20.5 Å². The second-order valence-corrected chi connectivity index (χ2v) is 6.78. The van der Waals surface area contributed by atoms with Crippen LogP contribution in [0.3, 0.4) is 0 Å². The lowest BCUT2D eigenvalue weighted by atomic mass is 10.2. The second kappa shape index (κ2) is 8.72. The van der Waals surface area contributed by atoms with Gasteiger partial charge >= 0.3 is 12.2 Å². The number of nitrogens with one attached hydrogen (secondary N) is 2. The van der Waals surface area contributed by atoms with Gasteiger partial charge in [0.15, 0.2) is 0 Å². The number of hydroxylamine groups is 1. The van der Waals surface area contributed by atoms with Crippen molar-refractivity contribution in [2.24, 2.45) is 5.73 Å². The number of amides is 2. The van der Waals surface area contributed by atoms with Crippen molar-refractivity contribution >= 4 is 23.6 Å². The molecule has 0 unspecified atom stereocenters. The van der Waals surface area contributed by atoms with Crippen LogP contribution >= 0.6 is 0 Å². The van der Waals surface area contributed by atoms with Gasteiger partial charge in [-0.1, -0.05) is 0 Å². The van der Waals surface area contributed by atoms with Crippen molar-refractivity contribution in [2.45, 2.75) is 32.5 Å². The minimum absolute atomic E-state index is 0.262. The summed E-state index contributed by atoms with van der Waals surface area (Å²) in [6.07, 6.45) is -1.28. The van der Waals surface area contributed by atoms with Gasteiger partial charge in [0.05, 0.1) is 13.2 Å². The molecule has 1 fully saturated rings. The zero-order valence-corrected chi connectivity index (χ0v) is 15.3. The van der Waals surface area contributed by atoms with Gasteiger partial charge in [0, 0.05) is 24.5 Å². The number of carbonyl (C=O) groups is 2. The molecule has 1 saturated heterocycles. The van der Waals surface area contributed by atoms with E-state index < -0.39 is 11.7 Å². The number of rotatable bonds is 7. The van der Waals surface area contributed by atoms with Crippen molar-refractivity contribution in [3.05, 3.63) is 24.3 Å². The van der Waals surface area contributed by atoms with Crippen LogP contribution in [0.1, 0.15) is 20.8 Å². The highest BCUT2D eigenvalue weighted by molar-refractivity contribution is 5.90. The van der Waals surface area contributed by atoms with E-state index in [1.807, 2.05) is 24.3 Å². The Kier molecular flexibility index (Phi) is 6.64. The maximum atomic E-state index is 11.8. The van der Waals surface area contributed by atoms with Gasteiger partial charge in [-0.25, -0.2) is 9.59 Å². The molecule has 0 aromatic heterocycles. The zero-order chi connectivity index (χ0) is 19.2. The molecular weight excluding hydrogens is 340 g/mol. The fourth-order valence-corrected chi connectivity index (χ4v) is 2.27. The van der Waals surface area contributed by atoms with Crippen LogP contribution in [0.15, 0.2) is 24.3 Å².